The van der Waals surface area contributed by atoms with E-state index in [4.69, 9.17) is 9.47 Å². The molecule has 1 aromatic heterocycles. The molecule has 1 heterocycles. The van der Waals surface area contributed by atoms with Gasteiger partial charge in [0.15, 0.2) is 0 Å². The highest BCUT2D eigenvalue weighted by atomic mass is 32.1. The van der Waals surface area contributed by atoms with Crippen LogP contribution in [-0.4, -0.2) is 23.4 Å². The number of hydrogen-bond acceptors (Lipinski definition) is 5. The SMILES string of the molecule is CC(C)(C)OC(=O)Nc1ccsc1NC(=O)OC(C)(C)C. The minimum Gasteiger partial charge on any atom is -0.444 e. The molecular weight excluding hydrogens is 292 g/mol. The molecule has 0 spiro atoms. The summed E-state index contributed by atoms with van der Waals surface area (Å²) in [5.74, 6) is 0. The molecular formula is C14H22N2O4S. The third kappa shape index (κ3) is 6.99. The molecule has 2 N–H and O–H groups in total. The smallest absolute Gasteiger partial charge is 0.412 e. The number of carbonyl (C=O) groups excluding carboxylic acids is 2. The largest absolute Gasteiger partial charge is 0.444 e. The number of anilines is 2. The predicted octanol–water partition coefficient (Wildman–Crippen LogP) is 4.44. The van der Waals surface area contributed by atoms with E-state index in [1.807, 2.05) is 0 Å². The molecule has 0 aromatic carbocycles. The Bertz CT molecular complexity index is 467. The molecule has 0 unspecified atom stereocenters. The lowest BCUT2D eigenvalue weighted by Crippen LogP contribution is -2.28. The van der Waals surface area contributed by atoms with Crippen LogP contribution in [0, 0.1) is 0 Å². The van der Waals surface area contributed by atoms with Crippen molar-refractivity contribution in [1.29, 1.82) is 0 Å². The Hall–Kier alpha value is -1.76. The first-order valence-corrected chi connectivity index (χ1v) is 7.42. The van der Waals surface area contributed by atoms with Gasteiger partial charge in [0.05, 0.1) is 5.69 Å². The summed E-state index contributed by atoms with van der Waals surface area (Å²) in [4.78, 5) is 23.4. The molecule has 0 atom stereocenters. The number of thiophene rings is 1. The number of amides is 2. The zero-order valence-corrected chi connectivity index (χ0v) is 14.0. The highest BCUT2D eigenvalue weighted by molar-refractivity contribution is 7.15. The van der Waals surface area contributed by atoms with Crippen LogP contribution in [0.5, 0.6) is 0 Å². The lowest BCUT2D eigenvalue weighted by atomic mass is 10.2. The van der Waals surface area contributed by atoms with Gasteiger partial charge in [0.25, 0.3) is 0 Å². The molecule has 7 heteroatoms. The van der Waals surface area contributed by atoms with E-state index in [0.29, 0.717) is 10.7 Å². The summed E-state index contributed by atoms with van der Waals surface area (Å²) in [5, 5.41) is 7.44. The average Bonchev–Trinajstić information content (AvgIpc) is 2.59. The second kappa shape index (κ2) is 6.34. The van der Waals surface area contributed by atoms with E-state index in [9.17, 15) is 9.59 Å². The summed E-state index contributed by atoms with van der Waals surface area (Å²) in [6.45, 7) is 10.7. The maximum atomic E-state index is 11.7. The van der Waals surface area contributed by atoms with Crippen LogP contribution in [0.4, 0.5) is 20.3 Å². The topological polar surface area (TPSA) is 76.7 Å². The third-order valence-electron chi connectivity index (χ3n) is 1.92. The van der Waals surface area contributed by atoms with Gasteiger partial charge in [-0.2, -0.15) is 0 Å². The molecule has 0 saturated carbocycles. The Labute approximate surface area is 128 Å². The van der Waals surface area contributed by atoms with Crippen molar-refractivity contribution in [2.45, 2.75) is 52.7 Å². The van der Waals surface area contributed by atoms with E-state index >= 15 is 0 Å². The normalized spacial score (nSPS) is 11.7. The van der Waals surface area contributed by atoms with E-state index in [1.165, 1.54) is 11.3 Å². The molecule has 0 aliphatic heterocycles. The van der Waals surface area contributed by atoms with Gasteiger partial charge in [-0.15, -0.1) is 11.3 Å². The fourth-order valence-electron chi connectivity index (χ4n) is 1.31. The maximum Gasteiger partial charge on any atom is 0.412 e. The zero-order valence-electron chi connectivity index (χ0n) is 13.2. The van der Waals surface area contributed by atoms with E-state index in [0.717, 1.165) is 0 Å². The molecule has 0 aliphatic carbocycles. The summed E-state index contributed by atoms with van der Waals surface area (Å²) in [7, 11) is 0. The summed E-state index contributed by atoms with van der Waals surface area (Å²) in [6, 6.07) is 1.68. The molecule has 21 heavy (non-hydrogen) atoms. The monoisotopic (exact) mass is 314 g/mol. The lowest BCUT2D eigenvalue weighted by molar-refractivity contribution is 0.0621. The van der Waals surface area contributed by atoms with Gasteiger partial charge < -0.3 is 9.47 Å². The number of rotatable bonds is 2. The van der Waals surface area contributed by atoms with Crippen LogP contribution in [0.3, 0.4) is 0 Å². The molecule has 0 saturated heterocycles. The van der Waals surface area contributed by atoms with Gasteiger partial charge in [-0.25, -0.2) is 9.59 Å². The molecule has 0 bridgehead atoms. The van der Waals surface area contributed by atoms with Crippen LogP contribution in [0.1, 0.15) is 41.5 Å². The molecule has 0 aliphatic rings. The van der Waals surface area contributed by atoms with Crippen LogP contribution in [0.25, 0.3) is 0 Å². The fraction of sp³-hybridized carbons (Fsp3) is 0.571. The molecule has 2 amide bonds. The van der Waals surface area contributed by atoms with Crippen molar-refractivity contribution in [2.24, 2.45) is 0 Å². The Morgan fingerprint density at radius 1 is 0.952 bits per heavy atom. The van der Waals surface area contributed by atoms with Crippen molar-refractivity contribution in [3.63, 3.8) is 0 Å². The molecule has 1 rings (SSSR count). The Balaban J connectivity index is 2.66. The van der Waals surface area contributed by atoms with Gasteiger partial charge in [-0.05, 0) is 53.0 Å². The zero-order chi connectivity index (χ0) is 16.3. The molecule has 6 nitrogen and oxygen atoms in total. The van der Waals surface area contributed by atoms with Gasteiger partial charge in [-0.1, -0.05) is 0 Å². The number of carbonyl (C=O) groups is 2. The standard InChI is InChI=1S/C14H22N2O4S/c1-13(2,3)19-11(17)15-9-7-8-21-10(9)16-12(18)20-14(4,5)6/h7-8H,1-6H3,(H,15,17)(H,16,18). The Morgan fingerprint density at radius 3 is 1.90 bits per heavy atom. The highest BCUT2D eigenvalue weighted by Gasteiger charge is 2.20. The summed E-state index contributed by atoms with van der Waals surface area (Å²) < 4.78 is 10.3. The first kappa shape index (κ1) is 17.3. The minimum atomic E-state index is -0.584. The first-order chi connectivity index (χ1) is 9.46. The van der Waals surface area contributed by atoms with E-state index < -0.39 is 23.4 Å². The van der Waals surface area contributed by atoms with Gasteiger partial charge in [-0.3, -0.25) is 10.6 Å². The van der Waals surface area contributed by atoms with Crippen LogP contribution < -0.4 is 10.6 Å². The average molecular weight is 314 g/mol. The van der Waals surface area contributed by atoms with Crippen molar-refractivity contribution >= 4 is 34.2 Å². The number of ether oxygens (including phenoxy) is 2. The van der Waals surface area contributed by atoms with Gasteiger partial charge in [0, 0.05) is 0 Å². The summed E-state index contributed by atoms with van der Waals surface area (Å²) >= 11 is 1.28. The fourth-order valence-corrected chi connectivity index (χ4v) is 2.04. The molecule has 1 aromatic rings. The van der Waals surface area contributed by atoms with E-state index in [-0.39, 0.29) is 0 Å². The van der Waals surface area contributed by atoms with Crippen molar-refractivity contribution < 1.29 is 19.1 Å². The molecule has 0 radical (unpaired) electrons. The second-order valence-electron chi connectivity index (χ2n) is 6.42. The second-order valence-corrected chi connectivity index (χ2v) is 7.33. The summed E-state index contributed by atoms with van der Waals surface area (Å²) in [6.07, 6.45) is -1.15. The van der Waals surface area contributed by atoms with Crippen molar-refractivity contribution in [3.05, 3.63) is 11.4 Å². The van der Waals surface area contributed by atoms with Crippen LogP contribution in [-0.2, 0) is 9.47 Å². The Kier molecular flexibility index (Phi) is 5.22. The van der Waals surface area contributed by atoms with Crippen molar-refractivity contribution in [2.75, 3.05) is 10.6 Å². The van der Waals surface area contributed by atoms with Gasteiger partial charge in [0.2, 0.25) is 0 Å². The van der Waals surface area contributed by atoms with E-state index in [1.54, 1.807) is 53.0 Å². The van der Waals surface area contributed by atoms with Crippen LogP contribution in [0.15, 0.2) is 11.4 Å². The number of hydrogen-bond donors (Lipinski definition) is 2. The van der Waals surface area contributed by atoms with Crippen LogP contribution in [0.2, 0.25) is 0 Å². The molecule has 118 valence electrons. The Morgan fingerprint density at radius 2 is 1.43 bits per heavy atom. The van der Waals surface area contributed by atoms with Crippen molar-refractivity contribution in [3.8, 4) is 0 Å². The molecule has 0 fully saturated rings. The first-order valence-electron chi connectivity index (χ1n) is 6.54. The summed E-state index contributed by atoms with van der Waals surface area (Å²) in [5.41, 5.74) is -0.695. The highest BCUT2D eigenvalue weighted by Crippen LogP contribution is 2.29. The lowest BCUT2D eigenvalue weighted by Gasteiger charge is -2.21. The quantitative estimate of drug-likeness (QED) is 0.846. The number of nitrogens with one attached hydrogen (secondary N) is 2. The minimum absolute atomic E-state index is 0.472. The van der Waals surface area contributed by atoms with Crippen molar-refractivity contribution in [1.82, 2.24) is 0 Å². The van der Waals surface area contributed by atoms with Gasteiger partial charge in [0.1, 0.15) is 16.2 Å². The van der Waals surface area contributed by atoms with Crippen LogP contribution >= 0.6 is 11.3 Å². The maximum absolute atomic E-state index is 11.7. The predicted molar refractivity (Wildman–Crippen MR) is 84.0 cm³/mol. The van der Waals surface area contributed by atoms with E-state index in [2.05, 4.69) is 10.6 Å². The third-order valence-corrected chi connectivity index (χ3v) is 2.75. The van der Waals surface area contributed by atoms with Gasteiger partial charge >= 0.3 is 12.2 Å².